The van der Waals surface area contributed by atoms with Gasteiger partial charge in [-0.05, 0) is 134 Å². The average molecular weight is 1120 g/mol. The molecule has 416 valence electrons. The Morgan fingerprint density at radius 3 is 1.09 bits per heavy atom. The minimum Gasteiger partial charge on any atom is -0.477 e. The van der Waals surface area contributed by atoms with Gasteiger partial charge in [0.2, 0.25) is 7.37 Å². The molecule has 0 amide bonds. The van der Waals surface area contributed by atoms with Crippen LogP contribution in [0, 0.1) is 23.7 Å². The van der Waals surface area contributed by atoms with E-state index >= 15 is 0 Å². The highest BCUT2D eigenvalue weighted by molar-refractivity contribution is 7.65. The van der Waals surface area contributed by atoms with Crippen LogP contribution in [0.4, 0.5) is 0 Å². The minimum atomic E-state index is -4.34. The summed E-state index contributed by atoms with van der Waals surface area (Å²) >= 11 is 0. The van der Waals surface area contributed by atoms with Crippen LogP contribution in [-0.4, -0.2) is 83.4 Å². The van der Waals surface area contributed by atoms with E-state index in [1.165, 1.54) is 24.9 Å². The molecule has 0 radical (unpaired) electrons. The van der Waals surface area contributed by atoms with Crippen molar-refractivity contribution in [1.82, 2.24) is 39.9 Å². The van der Waals surface area contributed by atoms with E-state index in [2.05, 4.69) is 95.3 Å². The first-order chi connectivity index (χ1) is 37.8. The van der Waals surface area contributed by atoms with Crippen molar-refractivity contribution in [3.63, 3.8) is 0 Å². The highest BCUT2D eigenvalue weighted by atomic mass is 31.2. The molecule has 8 aromatic heterocycles. The third kappa shape index (κ3) is 18.4. The lowest BCUT2D eigenvalue weighted by atomic mass is 10.1. The monoisotopic (exact) mass is 1120 g/mol. The van der Waals surface area contributed by atoms with E-state index in [1.54, 1.807) is 54.6 Å². The molecule has 0 fully saturated rings. The summed E-state index contributed by atoms with van der Waals surface area (Å²) in [6.45, 7) is 18.4. The second kappa shape index (κ2) is 27.9. The highest BCUT2D eigenvalue weighted by Gasteiger charge is 2.20. The van der Waals surface area contributed by atoms with Crippen LogP contribution >= 0.6 is 15.0 Å². The summed E-state index contributed by atoms with van der Waals surface area (Å²) in [5.74, 6) is 0.0263. The van der Waals surface area contributed by atoms with Crippen molar-refractivity contribution in [1.29, 1.82) is 0 Å². The van der Waals surface area contributed by atoms with Gasteiger partial charge in [-0.2, -0.15) is 0 Å². The molecule has 0 aliphatic heterocycles. The lowest BCUT2D eigenvalue weighted by Gasteiger charge is -2.09. The zero-order valence-electron chi connectivity index (χ0n) is 46.3. The molecule has 0 bridgehead atoms. The van der Waals surface area contributed by atoms with Gasteiger partial charge < -0.3 is 24.9 Å². The van der Waals surface area contributed by atoms with E-state index < -0.39 is 26.9 Å². The fourth-order valence-corrected chi connectivity index (χ4v) is 9.32. The molecule has 1 aromatic carbocycles. The summed E-state index contributed by atoms with van der Waals surface area (Å²) in [7, 11) is -7.68. The fourth-order valence-electron chi connectivity index (χ4n) is 8.14. The van der Waals surface area contributed by atoms with Gasteiger partial charge in [-0.1, -0.05) is 116 Å². The molecule has 0 aliphatic carbocycles. The maximum atomic E-state index is 11.7. The zero-order chi connectivity index (χ0) is 58.3. The number of nitrogens with zero attached hydrogens (tertiary/aromatic N) is 8. The summed E-state index contributed by atoms with van der Waals surface area (Å²) in [5.41, 5.74) is 9.20. The minimum absolute atomic E-state index is 0.0357. The summed E-state index contributed by atoms with van der Waals surface area (Å²) in [4.78, 5) is 84.9. The van der Waals surface area contributed by atoms with Crippen LogP contribution in [0.25, 0.3) is 56.0 Å². The molecule has 0 aliphatic rings. The van der Waals surface area contributed by atoms with Crippen LogP contribution in [0.15, 0.2) is 146 Å². The summed E-state index contributed by atoms with van der Waals surface area (Å²) in [6, 6.07) is 43.1. The van der Waals surface area contributed by atoms with Crippen LogP contribution in [0.5, 0.6) is 0 Å². The first-order valence-corrected chi connectivity index (χ1v) is 29.9. The molecule has 9 aromatic rings. The number of hydrogen-bond donors (Lipinski definition) is 5. The van der Waals surface area contributed by atoms with Gasteiger partial charge in [0.25, 0.3) is 0 Å². The van der Waals surface area contributed by atoms with Crippen molar-refractivity contribution in [3.05, 3.63) is 180 Å². The number of carbonyl (C=O) groups is 2. The van der Waals surface area contributed by atoms with Crippen molar-refractivity contribution in [2.75, 3.05) is 6.66 Å². The Bertz CT molecular complexity index is 3580. The maximum absolute atomic E-state index is 11.7. The van der Waals surface area contributed by atoms with Crippen LogP contribution in [0.1, 0.15) is 99.1 Å². The van der Waals surface area contributed by atoms with Gasteiger partial charge in [0.1, 0.15) is 16.8 Å². The lowest BCUT2D eigenvalue weighted by molar-refractivity contribution is 0.0680. The maximum Gasteiger partial charge on any atom is 0.374 e. The van der Waals surface area contributed by atoms with E-state index in [1.807, 2.05) is 72.8 Å². The molecular formula is C61H68N8O9P2. The molecule has 1 unspecified atom stereocenters. The quantitative estimate of drug-likeness (QED) is 0.0471. The van der Waals surface area contributed by atoms with E-state index in [0.717, 1.165) is 70.4 Å². The number of aromatic carboxylic acids is 2. The molecule has 19 heteroatoms. The second-order valence-electron chi connectivity index (χ2n) is 20.8. The van der Waals surface area contributed by atoms with E-state index in [4.69, 9.17) is 20.0 Å². The van der Waals surface area contributed by atoms with Gasteiger partial charge >= 0.3 is 19.5 Å². The molecular weight excluding hydrogens is 1050 g/mol. The van der Waals surface area contributed by atoms with Gasteiger partial charge in [-0.15, -0.1) is 0 Å². The van der Waals surface area contributed by atoms with E-state index in [9.17, 15) is 23.6 Å². The molecule has 80 heavy (non-hydrogen) atoms. The van der Waals surface area contributed by atoms with Crippen LogP contribution in [0.2, 0.25) is 0 Å². The van der Waals surface area contributed by atoms with Gasteiger partial charge in [-0.25, -0.2) is 29.5 Å². The lowest BCUT2D eigenvalue weighted by Crippen LogP contribution is -2.09. The topological polar surface area (TPSA) is 273 Å². The van der Waals surface area contributed by atoms with Crippen molar-refractivity contribution < 1.29 is 43.6 Å². The molecule has 9 rings (SSSR count). The number of aromatic nitrogens is 8. The Labute approximate surface area is 466 Å². The highest BCUT2D eigenvalue weighted by Crippen LogP contribution is 2.34. The third-order valence-corrected chi connectivity index (χ3v) is 13.6. The van der Waals surface area contributed by atoms with E-state index in [0.29, 0.717) is 57.7 Å². The Kier molecular flexibility index (Phi) is 21.4. The SMILES string of the molecule is CC(C)Cc1ccc2ccc3ccc(C(=O)O)nc3c2n1.CC(C)Cc1cccc(-c2cccc(C(=O)O)n2)n1.CC(C)Cc1cccc(-c2cccc(P(=O)(O)O)n2)n1.CC(C)Cc1cccc(-c2cccc(P(C)(=O)O)n2)n1. The summed E-state index contributed by atoms with van der Waals surface area (Å²) in [5, 5.41) is 19.9. The number of hydrogen-bond acceptors (Lipinski definition) is 12. The number of benzene rings is 1. The van der Waals surface area contributed by atoms with Gasteiger partial charge in [0, 0.05) is 40.2 Å². The van der Waals surface area contributed by atoms with Crippen molar-refractivity contribution in [2.45, 2.75) is 81.1 Å². The van der Waals surface area contributed by atoms with Crippen molar-refractivity contribution >= 4 is 59.6 Å². The Morgan fingerprint density at radius 1 is 0.375 bits per heavy atom. The van der Waals surface area contributed by atoms with Crippen molar-refractivity contribution in [3.8, 4) is 34.2 Å². The van der Waals surface area contributed by atoms with Gasteiger partial charge in [-0.3, -0.25) is 29.1 Å². The predicted octanol–water partition coefficient (Wildman–Crippen LogP) is 11.7. The average Bonchev–Trinajstić information content (AvgIpc) is 3.48. The van der Waals surface area contributed by atoms with Crippen molar-refractivity contribution in [2.24, 2.45) is 23.7 Å². The molecule has 0 spiro atoms. The van der Waals surface area contributed by atoms with Crippen LogP contribution < -0.4 is 10.9 Å². The predicted molar refractivity (Wildman–Crippen MR) is 315 cm³/mol. The number of fused-ring (bicyclic) bond motifs is 3. The van der Waals surface area contributed by atoms with Gasteiger partial charge in [0.15, 0.2) is 5.44 Å². The molecule has 8 heterocycles. The Balaban J connectivity index is 0.000000172. The number of pyridine rings is 8. The summed E-state index contributed by atoms with van der Waals surface area (Å²) in [6.07, 6.45) is 3.54. The first kappa shape index (κ1) is 61.4. The number of carboxylic acids is 2. The Hall–Kier alpha value is -7.78. The largest absolute Gasteiger partial charge is 0.477 e. The Morgan fingerprint density at radius 2 is 0.688 bits per heavy atom. The molecule has 17 nitrogen and oxygen atoms in total. The van der Waals surface area contributed by atoms with Crippen LogP contribution in [-0.2, 0) is 34.8 Å². The van der Waals surface area contributed by atoms with Crippen LogP contribution in [0.3, 0.4) is 0 Å². The fraction of sp³-hybridized carbons (Fsp3) is 0.279. The molecule has 5 N–H and O–H groups in total. The van der Waals surface area contributed by atoms with Gasteiger partial charge in [0.05, 0.1) is 45.2 Å². The molecule has 0 saturated heterocycles. The molecule has 0 saturated carbocycles. The normalized spacial score (nSPS) is 12.1. The smallest absolute Gasteiger partial charge is 0.374 e. The van der Waals surface area contributed by atoms with E-state index in [-0.39, 0.29) is 22.3 Å². The number of rotatable bonds is 15. The first-order valence-electron chi connectivity index (χ1n) is 26.2. The zero-order valence-corrected chi connectivity index (χ0v) is 48.1. The molecule has 1 atom stereocenters. The summed E-state index contributed by atoms with van der Waals surface area (Å²) < 4.78 is 22.9. The number of carboxylic acid groups (broad SMARTS) is 2. The standard InChI is InChI=1S/C17H16N2O2.C15H19N2O2P.C15H16N2O2.C14H17N2O3P/c1-10(2)9-13-7-5-11-3-4-12-6-8-14(17(20)21)19-16(12)15(11)18-13;1-11(2)10-12-6-4-7-13(16-12)14-8-5-9-15(17-14)20(3,18)19;1-10(2)9-11-5-3-6-12(16-11)13-7-4-8-14(17-13)15(18)19;1-10(2)9-11-5-3-6-12(15-11)13-7-4-8-14(16-13)20(17,18)19/h3-8,10H,9H2,1-2H3,(H,20,21);4-9,11H,10H2,1-3H3,(H,18,19);3-8,10H,9H2,1-2H3,(H,18,19);3-8,10H,9H2,1-2H3,(H2,17,18,19). The second-order valence-corrected chi connectivity index (χ2v) is 24.6. The third-order valence-electron chi connectivity index (χ3n) is 11.6.